The van der Waals surface area contributed by atoms with Gasteiger partial charge < -0.3 is 10.1 Å². The van der Waals surface area contributed by atoms with Crippen molar-refractivity contribution in [3.63, 3.8) is 0 Å². The standard InChI is InChI=1S/C20H25N3O4S/c1-28(25,26)22-19-7-5-18(6-8-19)20(24)21-14-16-3-2-4-17(13-16)15-23-9-11-27-12-10-23/h2-8,13,22H,9-12,14-15H2,1H3,(H,21,24). The van der Waals surface area contributed by atoms with Crippen LogP contribution in [-0.4, -0.2) is 51.8 Å². The second-order valence-corrected chi connectivity index (χ2v) is 8.59. The molecule has 0 bridgehead atoms. The molecule has 28 heavy (non-hydrogen) atoms. The third-order valence-corrected chi connectivity index (χ3v) is 5.01. The molecule has 1 aliphatic heterocycles. The van der Waals surface area contributed by atoms with E-state index in [0.717, 1.165) is 44.7 Å². The first-order chi connectivity index (χ1) is 13.4. The van der Waals surface area contributed by atoms with Gasteiger partial charge in [-0.15, -0.1) is 0 Å². The zero-order chi connectivity index (χ0) is 20.0. The number of morpholine rings is 1. The number of rotatable bonds is 7. The van der Waals surface area contributed by atoms with Crippen LogP contribution in [-0.2, 0) is 27.8 Å². The maximum absolute atomic E-state index is 12.3. The molecule has 0 aliphatic carbocycles. The highest BCUT2D eigenvalue weighted by atomic mass is 32.2. The fourth-order valence-electron chi connectivity index (χ4n) is 3.04. The third-order valence-electron chi connectivity index (χ3n) is 4.40. The highest BCUT2D eigenvalue weighted by Crippen LogP contribution is 2.12. The lowest BCUT2D eigenvalue weighted by Crippen LogP contribution is -2.35. The minimum absolute atomic E-state index is 0.204. The Balaban J connectivity index is 1.54. The Hall–Kier alpha value is -2.42. The number of hydrogen-bond donors (Lipinski definition) is 2. The summed E-state index contributed by atoms with van der Waals surface area (Å²) < 4.78 is 30.2. The summed E-state index contributed by atoms with van der Waals surface area (Å²) >= 11 is 0. The van der Waals surface area contributed by atoms with Crippen LogP contribution in [0.3, 0.4) is 0 Å². The molecule has 150 valence electrons. The Morgan fingerprint density at radius 1 is 1.07 bits per heavy atom. The lowest BCUT2D eigenvalue weighted by Gasteiger charge is -2.26. The summed E-state index contributed by atoms with van der Waals surface area (Å²) in [5.41, 5.74) is 3.15. The Kier molecular flexibility index (Phi) is 6.66. The van der Waals surface area contributed by atoms with Crippen LogP contribution >= 0.6 is 0 Å². The van der Waals surface area contributed by atoms with E-state index in [2.05, 4.69) is 27.1 Å². The van der Waals surface area contributed by atoms with Crippen molar-refractivity contribution in [3.8, 4) is 0 Å². The van der Waals surface area contributed by atoms with Crippen molar-refractivity contribution in [1.82, 2.24) is 10.2 Å². The van der Waals surface area contributed by atoms with Gasteiger partial charge in [0.1, 0.15) is 0 Å². The van der Waals surface area contributed by atoms with Crippen LogP contribution in [0.5, 0.6) is 0 Å². The molecule has 7 nitrogen and oxygen atoms in total. The molecule has 1 fully saturated rings. The van der Waals surface area contributed by atoms with E-state index in [1.54, 1.807) is 24.3 Å². The molecule has 8 heteroatoms. The van der Waals surface area contributed by atoms with Gasteiger partial charge in [0.25, 0.3) is 5.91 Å². The maximum atomic E-state index is 12.3. The largest absolute Gasteiger partial charge is 0.379 e. The molecule has 3 rings (SSSR count). The van der Waals surface area contributed by atoms with Crippen molar-refractivity contribution in [2.75, 3.05) is 37.3 Å². The Bertz CT molecular complexity index is 907. The fraction of sp³-hybridized carbons (Fsp3) is 0.350. The molecule has 0 unspecified atom stereocenters. The van der Waals surface area contributed by atoms with Crippen molar-refractivity contribution in [2.45, 2.75) is 13.1 Å². The Morgan fingerprint density at radius 3 is 2.43 bits per heavy atom. The summed E-state index contributed by atoms with van der Waals surface area (Å²) in [5.74, 6) is -0.204. The molecule has 0 aromatic heterocycles. The van der Waals surface area contributed by atoms with Gasteiger partial charge in [0.15, 0.2) is 0 Å². The third kappa shape index (κ3) is 6.33. The van der Waals surface area contributed by atoms with Crippen molar-refractivity contribution in [2.24, 2.45) is 0 Å². The van der Waals surface area contributed by atoms with Crippen LogP contribution < -0.4 is 10.0 Å². The highest BCUT2D eigenvalue weighted by molar-refractivity contribution is 7.92. The molecule has 0 spiro atoms. The number of nitrogens with one attached hydrogen (secondary N) is 2. The molecule has 1 heterocycles. The molecule has 2 aromatic carbocycles. The van der Waals surface area contributed by atoms with Gasteiger partial charge >= 0.3 is 0 Å². The normalized spacial score (nSPS) is 15.2. The average molecular weight is 404 g/mol. The van der Waals surface area contributed by atoms with Crippen molar-refractivity contribution < 1.29 is 17.9 Å². The predicted molar refractivity (Wildman–Crippen MR) is 109 cm³/mol. The van der Waals surface area contributed by atoms with E-state index in [1.165, 1.54) is 5.56 Å². The van der Waals surface area contributed by atoms with Crippen LogP contribution in [0.15, 0.2) is 48.5 Å². The minimum atomic E-state index is -3.33. The van der Waals surface area contributed by atoms with Gasteiger partial charge in [0, 0.05) is 37.4 Å². The highest BCUT2D eigenvalue weighted by Gasteiger charge is 2.11. The number of carbonyl (C=O) groups excluding carboxylic acids is 1. The molecule has 1 amide bonds. The summed E-state index contributed by atoms with van der Waals surface area (Å²) in [6, 6.07) is 14.5. The average Bonchev–Trinajstić information content (AvgIpc) is 2.66. The molecule has 2 N–H and O–H groups in total. The summed E-state index contributed by atoms with van der Waals surface area (Å²) in [4.78, 5) is 14.7. The smallest absolute Gasteiger partial charge is 0.251 e. The van der Waals surface area contributed by atoms with E-state index < -0.39 is 10.0 Å². The van der Waals surface area contributed by atoms with Gasteiger partial charge in [-0.05, 0) is 35.4 Å². The summed E-state index contributed by atoms with van der Waals surface area (Å²) in [6.45, 7) is 4.72. The monoisotopic (exact) mass is 403 g/mol. The predicted octanol–water partition coefficient (Wildman–Crippen LogP) is 1.82. The van der Waals surface area contributed by atoms with Crippen LogP contribution in [0.1, 0.15) is 21.5 Å². The molecule has 0 radical (unpaired) electrons. The van der Waals surface area contributed by atoms with Gasteiger partial charge in [0.05, 0.1) is 19.5 Å². The number of sulfonamides is 1. The molecule has 1 saturated heterocycles. The molecule has 2 aromatic rings. The SMILES string of the molecule is CS(=O)(=O)Nc1ccc(C(=O)NCc2cccc(CN3CCOCC3)c2)cc1. The van der Waals surface area contributed by atoms with Crippen LogP contribution in [0.4, 0.5) is 5.69 Å². The first-order valence-electron chi connectivity index (χ1n) is 9.13. The number of ether oxygens (including phenoxy) is 1. The lowest BCUT2D eigenvalue weighted by molar-refractivity contribution is 0.0342. The molecule has 1 aliphatic rings. The molecule has 0 atom stereocenters. The number of anilines is 1. The quantitative estimate of drug-likeness (QED) is 0.736. The van der Waals surface area contributed by atoms with Crippen LogP contribution in [0.25, 0.3) is 0 Å². The number of amides is 1. The minimum Gasteiger partial charge on any atom is -0.379 e. The fourth-order valence-corrected chi connectivity index (χ4v) is 3.61. The van der Waals surface area contributed by atoms with E-state index in [0.29, 0.717) is 17.8 Å². The Morgan fingerprint density at radius 2 is 1.75 bits per heavy atom. The topological polar surface area (TPSA) is 87.7 Å². The van der Waals surface area contributed by atoms with Crippen molar-refractivity contribution in [1.29, 1.82) is 0 Å². The molecule has 0 saturated carbocycles. The van der Waals surface area contributed by atoms with Gasteiger partial charge in [-0.1, -0.05) is 24.3 Å². The summed E-state index contributed by atoms with van der Waals surface area (Å²) in [5, 5.41) is 2.90. The Labute approximate surface area is 165 Å². The number of hydrogen-bond acceptors (Lipinski definition) is 5. The lowest BCUT2D eigenvalue weighted by atomic mass is 10.1. The van der Waals surface area contributed by atoms with E-state index in [9.17, 15) is 13.2 Å². The number of nitrogens with zero attached hydrogens (tertiary/aromatic N) is 1. The first kappa shape index (κ1) is 20.3. The van der Waals surface area contributed by atoms with E-state index >= 15 is 0 Å². The number of benzene rings is 2. The number of carbonyl (C=O) groups is 1. The van der Waals surface area contributed by atoms with E-state index in [1.807, 2.05) is 12.1 Å². The van der Waals surface area contributed by atoms with Crippen molar-refractivity contribution in [3.05, 3.63) is 65.2 Å². The van der Waals surface area contributed by atoms with Crippen molar-refractivity contribution >= 4 is 21.6 Å². The van der Waals surface area contributed by atoms with E-state index in [4.69, 9.17) is 4.74 Å². The summed E-state index contributed by atoms with van der Waals surface area (Å²) in [6.07, 6.45) is 1.08. The zero-order valence-corrected chi connectivity index (χ0v) is 16.7. The van der Waals surface area contributed by atoms with Crippen LogP contribution in [0.2, 0.25) is 0 Å². The molecular formula is C20H25N3O4S. The van der Waals surface area contributed by atoms with Gasteiger partial charge in [-0.25, -0.2) is 8.42 Å². The molecular weight excluding hydrogens is 378 g/mol. The second-order valence-electron chi connectivity index (χ2n) is 6.84. The van der Waals surface area contributed by atoms with Gasteiger partial charge in [-0.2, -0.15) is 0 Å². The van der Waals surface area contributed by atoms with E-state index in [-0.39, 0.29) is 5.91 Å². The maximum Gasteiger partial charge on any atom is 0.251 e. The zero-order valence-electron chi connectivity index (χ0n) is 15.8. The van der Waals surface area contributed by atoms with Crippen LogP contribution in [0, 0.1) is 0 Å². The van der Waals surface area contributed by atoms with Gasteiger partial charge in [-0.3, -0.25) is 14.4 Å². The first-order valence-corrected chi connectivity index (χ1v) is 11.0. The summed E-state index contributed by atoms with van der Waals surface area (Å²) in [7, 11) is -3.33. The van der Waals surface area contributed by atoms with Gasteiger partial charge in [0.2, 0.25) is 10.0 Å². The second kappa shape index (κ2) is 9.18.